The Hall–Kier alpha value is -0.823. The monoisotopic (exact) mass is 470 g/mol. The predicted octanol–water partition coefficient (Wildman–Crippen LogP) is 10.4. The van der Waals surface area contributed by atoms with Gasteiger partial charge in [-0.15, -0.1) is 0 Å². The van der Waals surface area contributed by atoms with Crippen LogP contribution in [0.5, 0.6) is 0 Å². The van der Waals surface area contributed by atoms with E-state index in [9.17, 15) is 0 Å². The molecule has 0 aromatic heterocycles. The fourth-order valence-electron chi connectivity index (χ4n) is 4.94. The molecule has 0 fully saturated rings. The number of allylic oxidation sites excluding steroid dienone is 1. The van der Waals surface area contributed by atoms with E-state index < -0.39 is 8.80 Å². The van der Waals surface area contributed by atoms with Crippen molar-refractivity contribution in [3.8, 4) is 0 Å². The molecule has 0 saturated heterocycles. The highest BCUT2D eigenvalue weighted by atomic mass is 28.3. The van der Waals surface area contributed by atoms with E-state index in [1.165, 1.54) is 141 Å². The summed E-state index contributed by atoms with van der Waals surface area (Å²) in [6.45, 7) is 4.61. The lowest BCUT2D eigenvalue weighted by atomic mass is 10.1. The molecule has 0 amide bonds. The molecule has 1 heteroatoms. The number of rotatable bonds is 24. The van der Waals surface area contributed by atoms with Crippen molar-refractivity contribution < 1.29 is 0 Å². The number of hydrogen-bond donors (Lipinski definition) is 0. The summed E-state index contributed by atoms with van der Waals surface area (Å²) in [6.07, 6.45) is 32.6. The van der Waals surface area contributed by atoms with Gasteiger partial charge in [-0.2, -0.15) is 0 Å². The lowest BCUT2D eigenvalue weighted by molar-refractivity contribution is 0.547. The molecular formula is C32H58Si. The van der Waals surface area contributed by atoms with Crippen LogP contribution in [0.3, 0.4) is 0 Å². The molecule has 1 aromatic carbocycles. The van der Waals surface area contributed by atoms with Crippen molar-refractivity contribution in [1.29, 1.82) is 0 Å². The van der Waals surface area contributed by atoms with Crippen LogP contribution < -0.4 is 5.19 Å². The topological polar surface area (TPSA) is 0 Å². The Morgan fingerprint density at radius 2 is 0.939 bits per heavy atom. The highest BCUT2D eigenvalue weighted by molar-refractivity contribution is 6.77. The van der Waals surface area contributed by atoms with Crippen LogP contribution in [-0.4, -0.2) is 8.80 Å². The molecule has 0 saturated carbocycles. The van der Waals surface area contributed by atoms with Crippen LogP contribution in [0, 0.1) is 0 Å². The van der Waals surface area contributed by atoms with E-state index >= 15 is 0 Å². The van der Waals surface area contributed by atoms with E-state index in [4.69, 9.17) is 0 Å². The van der Waals surface area contributed by atoms with Gasteiger partial charge in [-0.1, -0.05) is 189 Å². The fraction of sp³-hybridized carbons (Fsp3) is 0.750. The second-order valence-corrected chi connectivity index (χ2v) is 13.2. The summed E-state index contributed by atoms with van der Waals surface area (Å²) in [6, 6.07) is 12.9. The lowest BCUT2D eigenvalue weighted by Crippen LogP contribution is -2.27. The lowest BCUT2D eigenvalue weighted by Gasteiger charge is -2.12. The van der Waals surface area contributed by atoms with Gasteiger partial charge >= 0.3 is 0 Å². The zero-order chi connectivity index (χ0) is 23.7. The number of hydrogen-bond acceptors (Lipinski definition) is 0. The summed E-state index contributed by atoms with van der Waals surface area (Å²) in [5.41, 5.74) is 2.66. The number of unbranched alkanes of at least 4 members (excludes halogenated alkanes) is 19. The van der Waals surface area contributed by atoms with Gasteiger partial charge in [0.15, 0.2) is 0 Å². The van der Waals surface area contributed by atoms with E-state index in [0.717, 1.165) is 0 Å². The maximum atomic E-state index is 2.66. The summed E-state index contributed by atoms with van der Waals surface area (Å²) < 4.78 is 0. The van der Waals surface area contributed by atoms with Crippen LogP contribution in [0.1, 0.15) is 149 Å². The minimum Gasteiger partial charge on any atom is -0.0968 e. The molecule has 0 heterocycles. The normalized spacial score (nSPS) is 12.5. The van der Waals surface area contributed by atoms with Gasteiger partial charge in [0.05, 0.1) is 8.80 Å². The second-order valence-electron chi connectivity index (χ2n) is 10.4. The summed E-state index contributed by atoms with van der Waals surface area (Å²) in [5, 5.41) is 1.65. The molecule has 190 valence electrons. The van der Waals surface area contributed by atoms with E-state index in [1.54, 1.807) is 5.19 Å². The van der Waals surface area contributed by atoms with Crippen LogP contribution >= 0.6 is 0 Å². The van der Waals surface area contributed by atoms with E-state index in [-0.39, 0.29) is 0 Å². The average Bonchev–Trinajstić information content (AvgIpc) is 2.85. The Morgan fingerprint density at radius 1 is 0.515 bits per heavy atom. The Labute approximate surface area is 210 Å². The quantitative estimate of drug-likeness (QED) is 0.104. The molecule has 0 aliphatic heterocycles. The van der Waals surface area contributed by atoms with Gasteiger partial charge in [0.2, 0.25) is 0 Å². The maximum Gasteiger partial charge on any atom is 0.0936 e. The molecule has 33 heavy (non-hydrogen) atoms. The fourth-order valence-corrected chi connectivity index (χ4v) is 7.65. The molecule has 0 radical (unpaired) electrons. The zero-order valence-corrected chi connectivity index (χ0v) is 23.8. The van der Waals surface area contributed by atoms with Gasteiger partial charge < -0.3 is 0 Å². The van der Waals surface area contributed by atoms with Gasteiger partial charge in [0.25, 0.3) is 0 Å². The Balaban J connectivity index is 2.12. The van der Waals surface area contributed by atoms with Gasteiger partial charge in [-0.05, 0) is 12.8 Å². The molecular weight excluding hydrogens is 412 g/mol. The van der Waals surface area contributed by atoms with Crippen LogP contribution in [0.2, 0.25) is 6.04 Å². The van der Waals surface area contributed by atoms with Crippen molar-refractivity contribution in [1.82, 2.24) is 0 Å². The molecule has 0 bridgehead atoms. The molecule has 1 rings (SSSR count). The minimum absolute atomic E-state index is 0.935. The molecule has 0 aliphatic carbocycles. The van der Waals surface area contributed by atoms with Crippen LogP contribution in [0.15, 0.2) is 42.1 Å². The van der Waals surface area contributed by atoms with Gasteiger partial charge in [-0.3, -0.25) is 0 Å². The molecule has 1 atom stereocenters. The van der Waals surface area contributed by atoms with Crippen molar-refractivity contribution in [2.24, 2.45) is 0 Å². The SMILES string of the molecule is CCCCCCCCCCC=C[SiH](CCCCCCCCCCCCCC)c1ccccc1. The third-order valence-electron chi connectivity index (χ3n) is 7.19. The molecule has 0 N–H and O–H groups in total. The first-order valence-corrected chi connectivity index (χ1v) is 17.2. The first kappa shape index (κ1) is 30.2. The Morgan fingerprint density at radius 3 is 1.42 bits per heavy atom. The molecule has 0 aliphatic rings. The highest BCUT2D eigenvalue weighted by Gasteiger charge is 2.09. The highest BCUT2D eigenvalue weighted by Crippen LogP contribution is 2.14. The second kappa shape index (κ2) is 24.3. The van der Waals surface area contributed by atoms with Gasteiger partial charge in [0, 0.05) is 0 Å². The minimum atomic E-state index is -0.935. The summed E-state index contributed by atoms with van der Waals surface area (Å²) in [7, 11) is -0.935. The van der Waals surface area contributed by atoms with Crippen LogP contribution in [-0.2, 0) is 0 Å². The van der Waals surface area contributed by atoms with Crippen molar-refractivity contribution in [3.63, 3.8) is 0 Å². The van der Waals surface area contributed by atoms with E-state index in [1.807, 2.05) is 0 Å². The van der Waals surface area contributed by atoms with Crippen LogP contribution in [0.4, 0.5) is 0 Å². The standard InChI is InChI=1S/C32H58Si/c1-3-5-7-9-11-13-15-16-18-20-22-27-31-33(32-28-24-23-25-29-32)30-26-21-19-17-14-12-10-8-6-4-2/h23-26,28-30,33H,3-22,27,31H2,1-2H3. The Bertz CT molecular complexity index is 521. The smallest absolute Gasteiger partial charge is 0.0936 e. The molecule has 1 aromatic rings. The van der Waals surface area contributed by atoms with Gasteiger partial charge in [-0.25, -0.2) is 0 Å². The predicted molar refractivity (Wildman–Crippen MR) is 155 cm³/mol. The Kier molecular flexibility index (Phi) is 22.2. The van der Waals surface area contributed by atoms with Gasteiger partial charge in [0.1, 0.15) is 0 Å². The summed E-state index contributed by atoms with van der Waals surface area (Å²) in [4.78, 5) is 0. The molecule has 0 nitrogen and oxygen atoms in total. The molecule has 0 spiro atoms. The summed E-state index contributed by atoms with van der Waals surface area (Å²) in [5.74, 6) is 0. The van der Waals surface area contributed by atoms with Crippen molar-refractivity contribution in [2.45, 2.75) is 155 Å². The molecule has 1 unspecified atom stereocenters. The van der Waals surface area contributed by atoms with Crippen LogP contribution in [0.25, 0.3) is 0 Å². The first-order chi connectivity index (χ1) is 16.4. The largest absolute Gasteiger partial charge is 0.0968 e. The first-order valence-electron chi connectivity index (χ1n) is 15.1. The van der Waals surface area contributed by atoms with Crippen molar-refractivity contribution in [3.05, 3.63) is 42.1 Å². The van der Waals surface area contributed by atoms with E-state index in [2.05, 4.69) is 56.0 Å². The van der Waals surface area contributed by atoms with Crippen molar-refractivity contribution >= 4 is 14.0 Å². The maximum absolute atomic E-state index is 2.66. The van der Waals surface area contributed by atoms with E-state index in [0.29, 0.717) is 0 Å². The zero-order valence-electron chi connectivity index (χ0n) is 22.7. The van der Waals surface area contributed by atoms with Crippen molar-refractivity contribution in [2.75, 3.05) is 0 Å². The third kappa shape index (κ3) is 19.2. The number of benzene rings is 1. The summed E-state index contributed by atoms with van der Waals surface area (Å²) >= 11 is 0. The average molecular weight is 471 g/mol. The third-order valence-corrected chi connectivity index (χ3v) is 10.2.